The van der Waals surface area contributed by atoms with Crippen LogP contribution in [0.15, 0.2) is 72.8 Å². The Kier molecular flexibility index (Phi) is 5.05. The lowest BCUT2D eigenvalue weighted by atomic mass is 10.0. The Hall–Kier alpha value is -2.61. The van der Waals surface area contributed by atoms with Gasteiger partial charge < -0.3 is 4.74 Å². The van der Waals surface area contributed by atoms with Crippen molar-refractivity contribution in [1.29, 1.82) is 0 Å². The van der Waals surface area contributed by atoms with E-state index in [1.54, 1.807) is 0 Å². The van der Waals surface area contributed by atoms with Crippen LogP contribution in [0.1, 0.15) is 19.8 Å². The lowest BCUT2D eigenvalue weighted by molar-refractivity contribution is 0.298. The minimum Gasteiger partial charge on any atom is -0.478 e. The number of hydrogen-bond donors (Lipinski definition) is 0. The molecular formula is C21H21NO. The van der Waals surface area contributed by atoms with Crippen LogP contribution in [-0.4, -0.2) is 11.6 Å². The first-order chi connectivity index (χ1) is 11.4. The second kappa shape index (κ2) is 7.59. The highest BCUT2D eigenvalue weighted by Crippen LogP contribution is 2.28. The average Bonchev–Trinajstić information content (AvgIpc) is 2.63. The Morgan fingerprint density at radius 3 is 2.09 bits per heavy atom. The zero-order chi connectivity index (χ0) is 15.9. The molecular weight excluding hydrogens is 282 g/mol. The smallest absolute Gasteiger partial charge is 0.214 e. The van der Waals surface area contributed by atoms with Crippen molar-refractivity contribution >= 4 is 0 Å². The van der Waals surface area contributed by atoms with Crippen molar-refractivity contribution in [2.75, 3.05) is 6.61 Å². The van der Waals surface area contributed by atoms with Gasteiger partial charge in [-0.2, -0.15) is 0 Å². The highest BCUT2D eigenvalue weighted by Gasteiger charge is 2.07. The van der Waals surface area contributed by atoms with Gasteiger partial charge in [-0.05, 0) is 23.6 Å². The predicted molar refractivity (Wildman–Crippen MR) is 95.5 cm³/mol. The summed E-state index contributed by atoms with van der Waals surface area (Å²) in [7, 11) is 0. The number of nitrogens with zero attached hydrogens (tertiary/aromatic N) is 1. The Balaban J connectivity index is 2.00. The van der Waals surface area contributed by atoms with Crippen molar-refractivity contribution in [2.45, 2.75) is 19.8 Å². The number of aromatic nitrogens is 1. The molecule has 0 aliphatic rings. The van der Waals surface area contributed by atoms with Gasteiger partial charge in [0.05, 0.1) is 12.3 Å². The standard InChI is InChI=1S/C21H21NO/c1-2-3-14-23-21-16-19(17-10-6-4-7-11-17)15-20(22-21)18-12-8-5-9-13-18/h4-13,15-16H,2-3,14H2,1H3. The highest BCUT2D eigenvalue weighted by atomic mass is 16.5. The van der Waals surface area contributed by atoms with Crippen LogP contribution in [0, 0.1) is 0 Å². The lowest BCUT2D eigenvalue weighted by Gasteiger charge is -2.10. The Morgan fingerprint density at radius 2 is 1.43 bits per heavy atom. The summed E-state index contributed by atoms with van der Waals surface area (Å²) in [5, 5.41) is 0. The third-order valence-corrected chi connectivity index (χ3v) is 3.73. The zero-order valence-electron chi connectivity index (χ0n) is 13.4. The van der Waals surface area contributed by atoms with Crippen LogP contribution >= 0.6 is 0 Å². The van der Waals surface area contributed by atoms with Crippen LogP contribution in [-0.2, 0) is 0 Å². The summed E-state index contributed by atoms with van der Waals surface area (Å²) in [6.45, 7) is 2.86. The third kappa shape index (κ3) is 3.98. The minimum absolute atomic E-state index is 0.693. The van der Waals surface area contributed by atoms with Crippen LogP contribution in [0.2, 0.25) is 0 Å². The van der Waals surface area contributed by atoms with E-state index in [9.17, 15) is 0 Å². The normalized spacial score (nSPS) is 10.5. The van der Waals surface area contributed by atoms with Crippen molar-refractivity contribution in [2.24, 2.45) is 0 Å². The molecule has 1 heterocycles. The molecule has 2 aromatic carbocycles. The van der Waals surface area contributed by atoms with E-state index in [4.69, 9.17) is 4.74 Å². The van der Waals surface area contributed by atoms with Gasteiger partial charge in [0.25, 0.3) is 0 Å². The fourth-order valence-electron chi connectivity index (χ4n) is 2.45. The number of unbranched alkanes of at least 4 members (excludes halogenated alkanes) is 1. The van der Waals surface area contributed by atoms with E-state index < -0.39 is 0 Å². The van der Waals surface area contributed by atoms with Gasteiger partial charge in [-0.15, -0.1) is 0 Å². The van der Waals surface area contributed by atoms with Gasteiger partial charge in [-0.3, -0.25) is 0 Å². The van der Waals surface area contributed by atoms with Crippen LogP contribution in [0.3, 0.4) is 0 Å². The zero-order valence-corrected chi connectivity index (χ0v) is 13.4. The maximum Gasteiger partial charge on any atom is 0.214 e. The van der Waals surface area contributed by atoms with Gasteiger partial charge in [-0.1, -0.05) is 74.0 Å². The Labute approximate surface area is 137 Å². The SMILES string of the molecule is CCCCOc1cc(-c2ccccc2)cc(-c2ccccc2)n1. The van der Waals surface area contributed by atoms with E-state index >= 15 is 0 Å². The minimum atomic E-state index is 0.693. The predicted octanol–water partition coefficient (Wildman–Crippen LogP) is 5.59. The first-order valence-corrected chi connectivity index (χ1v) is 8.12. The number of pyridine rings is 1. The van der Waals surface area contributed by atoms with Gasteiger partial charge in [-0.25, -0.2) is 4.98 Å². The monoisotopic (exact) mass is 303 g/mol. The molecule has 0 aliphatic carbocycles. The molecule has 116 valence electrons. The molecule has 0 fully saturated rings. The summed E-state index contributed by atoms with van der Waals surface area (Å²) < 4.78 is 5.86. The van der Waals surface area contributed by atoms with Gasteiger partial charge in [0.15, 0.2) is 0 Å². The van der Waals surface area contributed by atoms with E-state index in [1.807, 2.05) is 30.3 Å². The maximum absolute atomic E-state index is 5.86. The third-order valence-electron chi connectivity index (χ3n) is 3.73. The molecule has 3 aromatic rings. The van der Waals surface area contributed by atoms with Crippen LogP contribution in [0.5, 0.6) is 5.88 Å². The molecule has 1 aromatic heterocycles. The highest BCUT2D eigenvalue weighted by molar-refractivity contribution is 5.71. The maximum atomic E-state index is 5.86. The van der Waals surface area contributed by atoms with E-state index in [0.717, 1.165) is 29.7 Å². The van der Waals surface area contributed by atoms with Crippen LogP contribution < -0.4 is 4.74 Å². The number of ether oxygens (including phenoxy) is 1. The second-order valence-corrected chi connectivity index (χ2v) is 5.51. The summed E-state index contributed by atoms with van der Waals surface area (Å²) in [5.74, 6) is 0.693. The molecule has 0 unspecified atom stereocenters. The summed E-state index contributed by atoms with van der Waals surface area (Å²) in [5.41, 5.74) is 4.35. The van der Waals surface area contributed by atoms with Crippen LogP contribution in [0.4, 0.5) is 0 Å². The Morgan fingerprint density at radius 1 is 0.783 bits per heavy atom. The lowest BCUT2D eigenvalue weighted by Crippen LogP contribution is -2.00. The quantitative estimate of drug-likeness (QED) is 0.553. The molecule has 0 atom stereocenters. The Bertz CT molecular complexity index is 681. The van der Waals surface area contributed by atoms with Gasteiger partial charge in [0.2, 0.25) is 5.88 Å². The molecule has 0 N–H and O–H groups in total. The van der Waals surface area contributed by atoms with Crippen molar-refractivity contribution in [3.05, 3.63) is 72.8 Å². The largest absolute Gasteiger partial charge is 0.478 e. The average molecular weight is 303 g/mol. The summed E-state index contributed by atoms with van der Waals surface area (Å²) >= 11 is 0. The van der Waals surface area contributed by atoms with Gasteiger partial charge in [0.1, 0.15) is 0 Å². The number of hydrogen-bond acceptors (Lipinski definition) is 2. The van der Waals surface area contributed by atoms with Crippen molar-refractivity contribution in [1.82, 2.24) is 4.98 Å². The molecule has 23 heavy (non-hydrogen) atoms. The summed E-state index contributed by atoms with van der Waals surface area (Å²) in [6.07, 6.45) is 2.15. The van der Waals surface area contributed by atoms with Crippen molar-refractivity contribution in [3.8, 4) is 28.3 Å². The molecule has 0 aliphatic heterocycles. The fourth-order valence-corrected chi connectivity index (χ4v) is 2.45. The number of rotatable bonds is 6. The van der Waals surface area contributed by atoms with Gasteiger partial charge >= 0.3 is 0 Å². The molecule has 0 saturated carbocycles. The van der Waals surface area contributed by atoms with E-state index in [0.29, 0.717) is 12.5 Å². The second-order valence-electron chi connectivity index (χ2n) is 5.51. The molecule has 0 saturated heterocycles. The molecule has 0 bridgehead atoms. The number of benzene rings is 2. The molecule has 0 radical (unpaired) electrons. The fraction of sp³-hybridized carbons (Fsp3) is 0.190. The molecule has 0 spiro atoms. The molecule has 2 heteroatoms. The molecule has 3 rings (SSSR count). The van der Waals surface area contributed by atoms with E-state index in [2.05, 4.69) is 54.4 Å². The topological polar surface area (TPSA) is 22.1 Å². The first-order valence-electron chi connectivity index (χ1n) is 8.12. The molecule has 2 nitrogen and oxygen atoms in total. The van der Waals surface area contributed by atoms with E-state index in [1.165, 1.54) is 5.56 Å². The van der Waals surface area contributed by atoms with Crippen molar-refractivity contribution < 1.29 is 4.74 Å². The van der Waals surface area contributed by atoms with Crippen molar-refractivity contribution in [3.63, 3.8) is 0 Å². The summed E-state index contributed by atoms with van der Waals surface area (Å²) in [6, 6.07) is 24.7. The molecule has 0 amide bonds. The van der Waals surface area contributed by atoms with E-state index in [-0.39, 0.29) is 0 Å². The van der Waals surface area contributed by atoms with Crippen LogP contribution in [0.25, 0.3) is 22.4 Å². The van der Waals surface area contributed by atoms with Gasteiger partial charge in [0, 0.05) is 11.6 Å². The first kappa shape index (κ1) is 15.3. The summed E-state index contributed by atoms with van der Waals surface area (Å²) in [4.78, 5) is 4.68.